The van der Waals surface area contributed by atoms with Crippen LogP contribution in [0.25, 0.3) is 0 Å². The van der Waals surface area contributed by atoms with Crippen LogP contribution < -0.4 is 10.6 Å². The van der Waals surface area contributed by atoms with Gasteiger partial charge in [-0.25, -0.2) is 0 Å². The van der Waals surface area contributed by atoms with Gasteiger partial charge < -0.3 is 5.32 Å². The molecule has 0 radical (unpaired) electrons. The Morgan fingerprint density at radius 2 is 2.75 bits per heavy atom. The van der Waals surface area contributed by atoms with E-state index in [9.17, 15) is 0 Å². The molecule has 8 heavy (non-hydrogen) atoms. The summed E-state index contributed by atoms with van der Waals surface area (Å²) in [6, 6.07) is 0. The van der Waals surface area contributed by atoms with Gasteiger partial charge in [-0.3, -0.25) is 5.32 Å². The van der Waals surface area contributed by atoms with Crippen molar-refractivity contribution in [2.45, 2.75) is 5.37 Å². The average molecular weight is 128 g/mol. The number of nitrogens with one attached hydrogen (secondary N) is 2. The molecule has 44 valence electrons. The fourth-order valence-corrected chi connectivity index (χ4v) is 2.04. The second-order valence-electron chi connectivity index (χ2n) is 1.93. The van der Waals surface area contributed by atoms with Crippen LogP contribution in [0.1, 0.15) is 0 Å². The molecule has 2 nitrogen and oxygen atoms in total. The van der Waals surface area contributed by atoms with Crippen molar-refractivity contribution >= 4 is 11.8 Å². The molecule has 1 atom stereocenters. The summed E-state index contributed by atoms with van der Waals surface area (Å²) >= 11 is 1.95. The molecule has 1 unspecified atom stereocenters. The average Bonchev–Trinajstić information content (AvgIpc) is 2.15. The van der Waals surface area contributed by atoms with Crippen LogP contribution in [0.15, 0.2) is 11.8 Å². The monoisotopic (exact) mass is 128 g/mol. The summed E-state index contributed by atoms with van der Waals surface area (Å²) < 4.78 is 0. The van der Waals surface area contributed by atoms with Gasteiger partial charge in [0.05, 0.1) is 12.0 Å². The maximum absolute atomic E-state index is 3.30. The minimum Gasteiger partial charge on any atom is -0.374 e. The van der Waals surface area contributed by atoms with E-state index in [1.807, 2.05) is 11.8 Å². The largest absolute Gasteiger partial charge is 0.374 e. The van der Waals surface area contributed by atoms with Crippen LogP contribution in [-0.4, -0.2) is 17.8 Å². The van der Waals surface area contributed by atoms with Crippen LogP contribution in [0, 0.1) is 0 Å². The number of hydrogen-bond donors (Lipinski definition) is 2. The molecule has 1 fully saturated rings. The Kier molecular flexibility index (Phi) is 0.981. The van der Waals surface area contributed by atoms with Gasteiger partial charge in [-0.1, -0.05) is 6.08 Å². The van der Waals surface area contributed by atoms with Gasteiger partial charge in [-0.2, -0.15) is 0 Å². The molecule has 0 aliphatic carbocycles. The lowest BCUT2D eigenvalue weighted by molar-refractivity contribution is 0.796. The van der Waals surface area contributed by atoms with Crippen LogP contribution in [0.5, 0.6) is 0 Å². The molecule has 0 amide bonds. The van der Waals surface area contributed by atoms with Crippen molar-refractivity contribution < 1.29 is 0 Å². The first-order valence-electron chi connectivity index (χ1n) is 2.76. The molecule has 2 aliphatic heterocycles. The van der Waals surface area contributed by atoms with Crippen molar-refractivity contribution in [3.63, 3.8) is 0 Å². The molecule has 2 rings (SSSR count). The van der Waals surface area contributed by atoms with Crippen molar-refractivity contribution in [3.8, 4) is 0 Å². The van der Waals surface area contributed by atoms with E-state index in [1.165, 1.54) is 11.4 Å². The van der Waals surface area contributed by atoms with E-state index < -0.39 is 0 Å². The van der Waals surface area contributed by atoms with Gasteiger partial charge >= 0.3 is 0 Å². The maximum atomic E-state index is 3.30. The lowest BCUT2D eigenvalue weighted by atomic mass is 10.4. The Labute approximate surface area is 52.7 Å². The van der Waals surface area contributed by atoms with Crippen LogP contribution in [0.2, 0.25) is 0 Å². The zero-order chi connectivity index (χ0) is 5.40. The first-order valence-corrected chi connectivity index (χ1v) is 3.80. The van der Waals surface area contributed by atoms with Gasteiger partial charge in [-0.15, -0.1) is 11.8 Å². The summed E-state index contributed by atoms with van der Waals surface area (Å²) in [5.41, 5.74) is 1.38. The number of fused-ring (bicyclic) bond motifs is 1. The molecule has 1 saturated heterocycles. The lowest BCUT2D eigenvalue weighted by Crippen LogP contribution is -2.17. The zero-order valence-corrected chi connectivity index (χ0v) is 5.29. The summed E-state index contributed by atoms with van der Waals surface area (Å²) in [5, 5.41) is 7.14. The third kappa shape index (κ3) is 0.548. The summed E-state index contributed by atoms with van der Waals surface area (Å²) in [6.07, 6.45) is 2.25. The second-order valence-corrected chi connectivity index (χ2v) is 3.07. The van der Waals surface area contributed by atoms with Crippen LogP contribution in [0.3, 0.4) is 0 Å². The minimum absolute atomic E-state index is 0.593. The fourth-order valence-electron chi connectivity index (χ4n) is 1.01. The van der Waals surface area contributed by atoms with Crippen molar-refractivity contribution in [3.05, 3.63) is 11.8 Å². The van der Waals surface area contributed by atoms with Crippen molar-refractivity contribution in [2.75, 3.05) is 12.4 Å². The summed E-state index contributed by atoms with van der Waals surface area (Å²) in [4.78, 5) is 0. The lowest BCUT2D eigenvalue weighted by Gasteiger charge is -1.98. The highest BCUT2D eigenvalue weighted by Gasteiger charge is 2.22. The molecule has 0 aromatic rings. The molecule has 0 saturated carbocycles. The molecule has 0 aromatic heterocycles. The standard InChI is InChI=1S/C5H8N2S/c1-2-8-5-4(1)6-3-7-5/h1,5-7H,2-3H2. The van der Waals surface area contributed by atoms with E-state index >= 15 is 0 Å². The molecule has 0 spiro atoms. The van der Waals surface area contributed by atoms with Gasteiger partial charge in [0, 0.05) is 11.4 Å². The SMILES string of the molecule is C1=C2NCNC2SC1. The predicted molar refractivity (Wildman–Crippen MR) is 35.5 cm³/mol. The highest BCUT2D eigenvalue weighted by atomic mass is 32.2. The van der Waals surface area contributed by atoms with Gasteiger partial charge in [0.25, 0.3) is 0 Å². The van der Waals surface area contributed by atoms with E-state index in [0.717, 1.165) is 6.67 Å². The van der Waals surface area contributed by atoms with Crippen molar-refractivity contribution in [2.24, 2.45) is 0 Å². The first-order chi connectivity index (χ1) is 3.97. The number of rotatable bonds is 0. The van der Waals surface area contributed by atoms with Crippen LogP contribution in [-0.2, 0) is 0 Å². The molecule has 0 bridgehead atoms. The summed E-state index contributed by atoms with van der Waals surface area (Å²) in [6.45, 7) is 0.948. The van der Waals surface area contributed by atoms with Gasteiger partial charge in [0.15, 0.2) is 0 Å². The third-order valence-corrected chi connectivity index (χ3v) is 2.54. The fraction of sp³-hybridized carbons (Fsp3) is 0.600. The predicted octanol–water partition coefficient (Wildman–Crippen LogP) is 0.0935. The van der Waals surface area contributed by atoms with E-state index in [0.29, 0.717) is 5.37 Å². The summed E-state index contributed by atoms with van der Waals surface area (Å²) in [7, 11) is 0. The van der Waals surface area contributed by atoms with Crippen molar-refractivity contribution in [1.29, 1.82) is 0 Å². The molecule has 2 N–H and O–H groups in total. The van der Waals surface area contributed by atoms with E-state index in [2.05, 4.69) is 16.7 Å². The molecule has 2 heterocycles. The van der Waals surface area contributed by atoms with E-state index in [1.54, 1.807) is 0 Å². The second kappa shape index (κ2) is 1.67. The smallest absolute Gasteiger partial charge is 0.0950 e. The highest BCUT2D eigenvalue weighted by Crippen LogP contribution is 2.24. The van der Waals surface area contributed by atoms with Crippen LogP contribution >= 0.6 is 11.8 Å². The third-order valence-electron chi connectivity index (χ3n) is 1.43. The Morgan fingerprint density at radius 1 is 1.75 bits per heavy atom. The highest BCUT2D eigenvalue weighted by molar-refractivity contribution is 8.00. The molecular weight excluding hydrogens is 120 g/mol. The Hall–Kier alpha value is -0.150. The summed E-state index contributed by atoms with van der Waals surface area (Å²) in [5.74, 6) is 1.17. The molecule has 2 aliphatic rings. The van der Waals surface area contributed by atoms with Crippen LogP contribution in [0.4, 0.5) is 0 Å². The van der Waals surface area contributed by atoms with Gasteiger partial charge in [0.1, 0.15) is 0 Å². The van der Waals surface area contributed by atoms with Gasteiger partial charge in [-0.05, 0) is 0 Å². The Balaban J connectivity index is 2.20. The van der Waals surface area contributed by atoms with Crippen molar-refractivity contribution in [1.82, 2.24) is 10.6 Å². The van der Waals surface area contributed by atoms with E-state index in [-0.39, 0.29) is 0 Å². The normalized spacial score (nSPS) is 34.0. The number of thioether (sulfide) groups is 1. The molecule has 3 heteroatoms. The Morgan fingerprint density at radius 3 is 3.62 bits per heavy atom. The zero-order valence-electron chi connectivity index (χ0n) is 4.48. The van der Waals surface area contributed by atoms with Gasteiger partial charge in [0.2, 0.25) is 0 Å². The molecule has 0 aromatic carbocycles. The first kappa shape index (κ1) is 4.70. The maximum Gasteiger partial charge on any atom is 0.0950 e. The molecular formula is C5H8N2S. The van der Waals surface area contributed by atoms with E-state index in [4.69, 9.17) is 0 Å². The topological polar surface area (TPSA) is 24.1 Å². The minimum atomic E-state index is 0.593. The number of hydrogen-bond acceptors (Lipinski definition) is 3. The Bertz CT molecular complexity index is 132. The quantitative estimate of drug-likeness (QED) is 0.483.